The van der Waals surface area contributed by atoms with Gasteiger partial charge in [-0.15, -0.1) is 0 Å². The first-order chi connectivity index (χ1) is 12.5. The average molecular weight is 355 g/mol. The number of hydrogen-bond donors (Lipinski definition) is 0. The lowest BCUT2D eigenvalue weighted by Crippen LogP contribution is -2.32. The third-order valence-corrected chi connectivity index (χ3v) is 4.65. The van der Waals surface area contributed by atoms with Crippen molar-refractivity contribution in [3.8, 4) is 0 Å². The van der Waals surface area contributed by atoms with Crippen molar-refractivity contribution in [3.05, 3.63) is 83.9 Å². The minimum Gasteiger partial charge on any atom is -0.383 e. The van der Waals surface area contributed by atoms with Crippen LogP contribution in [-0.2, 0) is 10.4 Å². The lowest BCUT2D eigenvalue weighted by molar-refractivity contribution is -0.186. The van der Waals surface area contributed by atoms with Gasteiger partial charge < -0.3 is 4.84 Å². The van der Waals surface area contributed by atoms with Gasteiger partial charge in [-0.25, -0.2) is 0 Å². The SMILES string of the molecule is FC(F)(F)C[C@]1(c2ccccc2)CC(c2ccc3ccccc3c2)=NO1. The maximum Gasteiger partial charge on any atom is 0.393 e. The fourth-order valence-electron chi connectivity index (χ4n) is 3.42. The molecule has 1 aliphatic heterocycles. The van der Waals surface area contributed by atoms with Gasteiger partial charge >= 0.3 is 6.18 Å². The summed E-state index contributed by atoms with van der Waals surface area (Å²) >= 11 is 0. The molecule has 0 spiro atoms. The van der Waals surface area contributed by atoms with Gasteiger partial charge in [-0.3, -0.25) is 0 Å². The first-order valence-corrected chi connectivity index (χ1v) is 8.32. The predicted octanol–water partition coefficient (Wildman–Crippen LogP) is 5.81. The van der Waals surface area contributed by atoms with E-state index in [1.54, 1.807) is 30.3 Å². The molecular weight excluding hydrogens is 339 g/mol. The largest absolute Gasteiger partial charge is 0.393 e. The van der Waals surface area contributed by atoms with E-state index in [2.05, 4.69) is 5.16 Å². The normalized spacial score (nSPS) is 20.0. The lowest BCUT2D eigenvalue weighted by atomic mass is 9.84. The molecule has 0 fully saturated rings. The van der Waals surface area contributed by atoms with Gasteiger partial charge in [0.05, 0.1) is 12.1 Å². The average Bonchev–Trinajstić information content (AvgIpc) is 3.05. The van der Waals surface area contributed by atoms with E-state index in [1.165, 1.54) is 0 Å². The Hall–Kier alpha value is -2.82. The van der Waals surface area contributed by atoms with Crippen LogP contribution in [0, 0.1) is 0 Å². The second-order valence-corrected chi connectivity index (χ2v) is 6.52. The Kier molecular flexibility index (Phi) is 3.94. The third kappa shape index (κ3) is 3.17. The van der Waals surface area contributed by atoms with Gasteiger partial charge in [0.25, 0.3) is 0 Å². The summed E-state index contributed by atoms with van der Waals surface area (Å²) in [4.78, 5) is 5.45. The molecule has 0 aromatic heterocycles. The van der Waals surface area contributed by atoms with E-state index in [1.807, 2.05) is 42.5 Å². The van der Waals surface area contributed by atoms with Crippen LogP contribution in [0.15, 0.2) is 78.0 Å². The maximum absolute atomic E-state index is 13.2. The molecule has 0 amide bonds. The quantitative estimate of drug-likeness (QED) is 0.581. The zero-order valence-electron chi connectivity index (χ0n) is 13.8. The second-order valence-electron chi connectivity index (χ2n) is 6.52. The number of fused-ring (bicyclic) bond motifs is 1. The van der Waals surface area contributed by atoms with Crippen molar-refractivity contribution in [1.82, 2.24) is 0 Å². The molecule has 0 unspecified atom stereocenters. The van der Waals surface area contributed by atoms with Crippen molar-refractivity contribution in [1.29, 1.82) is 0 Å². The molecule has 0 N–H and O–H groups in total. The fourth-order valence-corrected chi connectivity index (χ4v) is 3.42. The van der Waals surface area contributed by atoms with Crippen molar-refractivity contribution in [2.45, 2.75) is 24.6 Å². The zero-order valence-corrected chi connectivity index (χ0v) is 13.8. The van der Waals surface area contributed by atoms with E-state index in [9.17, 15) is 13.2 Å². The highest BCUT2D eigenvalue weighted by atomic mass is 19.4. The Morgan fingerprint density at radius 1 is 0.885 bits per heavy atom. The Labute approximate surface area is 148 Å². The van der Waals surface area contributed by atoms with Gasteiger partial charge in [0, 0.05) is 12.0 Å². The monoisotopic (exact) mass is 355 g/mol. The summed E-state index contributed by atoms with van der Waals surface area (Å²) < 4.78 is 39.7. The minimum absolute atomic E-state index is 0.0782. The number of hydrogen-bond acceptors (Lipinski definition) is 2. The van der Waals surface area contributed by atoms with Crippen molar-refractivity contribution >= 4 is 16.5 Å². The summed E-state index contributed by atoms with van der Waals surface area (Å²) in [6, 6.07) is 22.1. The molecule has 0 aliphatic carbocycles. The standard InChI is InChI=1S/C21H16F3NO/c22-21(23,24)14-20(18-8-2-1-3-9-18)13-19(25-26-20)17-11-10-15-6-4-5-7-16(15)12-17/h1-12H,13-14H2/t20-/m0/s1. The van der Waals surface area contributed by atoms with Crippen molar-refractivity contribution < 1.29 is 18.0 Å². The second kappa shape index (κ2) is 6.16. The molecule has 132 valence electrons. The van der Waals surface area contributed by atoms with Crippen LogP contribution in [0.25, 0.3) is 10.8 Å². The summed E-state index contributed by atoms with van der Waals surface area (Å²) in [5.41, 5.74) is 0.282. The molecule has 2 nitrogen and oxygen atoms in total. The molecule has 1 heterocycles. The molecule has 0 saturated heterocycles. The van der Waals surface area contributed by atoms with E-state index in [0.29, 0.717) is 11.3 Å². The highest BCUT2D eigenvalue weighted by molar-refractivity contribution is 6.04. The Morgan fingerprint density at radius 2 is 1.58 bits per heavy atom. The summed E-state index contributed by atoms with van der Waals surface area (Å²) in [5.74, 6) is 0. The smallest absolute Gasteiger partial charge is 0.383 e. The molecular formula is C21H16F3NO. The van der Waals surface area contributed by atoms with Gasteiger partial charge in [0.1, 0.15) is 0 Å². The first kappa shape index (κ1) is 16.6. The first-order valence-electron chi connectivity index (χ1n) is 8.32. The van der Waals surface area contributed by atoms with Crippen LogP contribution in [0.1, 0.15) is 24.0 Å². The van der Waals surface area contributed by atoms with Gasteiger partial charge in [0.2, 0.25) is 0 Å². The van der Waals surface area contributed by atoms with Gasteiger partial charge in [0.15, 0.2) is 5.60 Å². The fraction of sp³-hybridized carbons (Fsp3) is 0.190. The molecule has 26 heavy (non-hydrogen) atoms. The summed E-state index contributed by atoms with van der Waals surface area (Å²) in [6.45, 7) is 0. The van der Waals surface area contributed by atoms with Crippen LogP contribution < -0.4 is 0 Å². The predicted molar refractivity (Wildman–Crippen MR) is 95.0 cm³/mol. The lowest BCUT2D eigenvalue weighted by Gasteiger charge is -2.28. The van der Waals surface area contributed by atoms with Crippen LogP contribution in [0.3, 0.4) is 0 Å². The zero-order chi connectivity index (χ0) is 18.2. The molecule has 0 saturated carbocycles. The highest BCUT2D eigenvalue weighted by Crippen LogP contribution is 2.44. The summed E-state index contributed by atoms with van der Waals surface area (Å²) in [6.07, 6.45) is -5.36. The summed E-state index contributed by atoms with van der Waals surface area (Å²) in [7, 11) is 0. The molecule has 0 radical (unpaired) electrons. The molecule has 1 atom stereocenters. The number of alkyl halides is 3. The van der Waals surface area contributed by atoms with Crippen LogP contribution >= 0.6 is 0 Å². The number of oxime groups is 1. The summed E-state index contributed by atoms with van der Waals surface area (Å²) in [5, 5.41) is 6.13. The van der Waals surface area contributed by atoms with E-state index in [-0.39, 0.29) is 6.42 Å². The Bertz CT molecular complexity index is 966. The van der Waals surface area contributed by atoms with E-state index in [4.69, 9.17) is 4.84 Å². The topological polar surface area (TPSA) is 21.6 Å². The van der Waals surface area contributed by atoms with Crippen molar-refractivity contribution in [2.75, 3.05) is 0 Å². The maximum atomic E-state index is 13.2. The molecule has 4 rings (SSSR count). The van der Waals surface area contributed by atoms with Gasteiger partial charge in [-0.1, -0.05) is 71.9 Å². The van der Waals surface area contributed by atoms with Crippen LogP contribution in [0.5, 0.6) is 0 Å². The highest BCUT2D eigenvalue weighted by Gasteiger charge is 2.49. The van der Waals surface area contributed by atoms with Crippen LogP contribution in [0.4, 0.5) is 13.2 Å². The third-order valence-electron chi connectivity index (χ3n) is 4.65. The number of nitrogens with zero attached hydrogens (tertiary/aromatic N) is 1. The van der Waals surface area contributed by atoms with E-state index in [0.717, 1.165) is 16.3 Å². The van der Waals surface area contributed by atoms with Crippen LogP contribution in [-0.4, -0.2) is 11.9 Å². The molecule has 0 bridgehead atoms. The van der Waals surface area contributed by atoms with Gasteiger partial charge in [-0.2, -0.15) is 13.2 Å². The molecule has 3 aromatic rings. The van der Waals surface area contributed by atoms with E-state index >= 15 is 0 Å². The molecule has 5 heteroatoms. The van der Waals surface area contributed by atoms with Crippen LogP contribution in [0.2, 0.25) is 0 Å². The molecule has 3 aromatic carbocycles. The number of benzene rings is 3. The Balaban J connectivity index is 1.70. The number of halogens is 3. The number of rotatable bonds is 3. The Morgan fingerprint density at radius 3 is 2.31 bits per heavy atom. The van der Waals surface area contributed by atoms with Crippen molar-refractivity contribution in [2.24, 2.45) is 5.16 Å². The van der Waals surface area contributed by atoms with E-state index < -0.39 is 18.2 Å². The van der Waals surface area contributed by atoms with Crippen molar-refractivity contribution in [3.63, 3.8) is 0 Å². The molecule has 1 aliphatic rings. The van der Waals surface area contributed by atoms with Gasteiger partial charge in [-0.05, 0) is 22.4 Å². The minimum atomic E-state index is -4.36.